The Hall–Kier alpha value is -4.57. The summed E-state index contributed by atoms with van der Waals surface area (Å²) in [6.07, 6.45) is 1.73. The number of carbonyl (C=O) groups is 3. The molecule has 2 atom stereocenters. The predicted molar refractivity (Wildman–Crippen MR) is 155 cm³/mol. The van der Waals surface area contributed by atoms with Gasteiger partial charge in [-0.1, -0.05) is 31.2 Å². The largest absolute Gasteiger partial charge is 0.508 e. The van der Waals surface area contributed by atoms with E-state index in [1.165, 1.54) is 12.1 Å². The van der Waals surface area contributed by atoms with Gasteiger partial charge in [0, 0.05) is 37.8 Å². The Bertz CT molecular complexity index is 1310. The lowest BCUT2D eigenvalue weighted by Gasteiger charge is -2.22. The van der Waals surface area contributed by atoms with Crippen LogP contribution in [-0.2, 0) is 22.5 Å². The van der Waals surface area contributed by atoms with Gasteiger partial charge in [0.25, 0.3) is 0 Å². The second kappa shape index (κ2) is 14.2. The Morgan fingerprint density at radius 2 is 1.56 bits per heavy atom. The van der Waals surface area contributed by atoms with Crippen LogP contribution in [-0.4, -0.2) is 64.8 Å². The molecule has 10 heteroatoms. The number of hydrogen-bond donors (Lipinski definition) is 5. The van der Waals surface area contributed by atoms with Crippen LogP contribution in [0.1, 0.15) is 41.3 Å². The first kappa shape index (κ1) is 29.4. The molecule has 0 bridgehead atoms. The van der Waals surface area contributed by atoms with Crippen molar-refractivity contribution < 1.29 is 29.3 Å². The molecule has 3 aromatic rings. The van der Waals surface area contributed by atoms with Crippen molar-refractivity contribution >= 4 is 23.6 Å². The minimum Gasteiger partial charge on any atom is -0.508 e. The number of esters is 1. The summed E-state index contributed by atoms with van der Waals surface area (Å²) in [6.45, 7) is 4.43. The summed E-state index contributed by atoms with van der Waals surface area (Å²) in [4.78, 5) is 40.5. The number of benzene rings is 3. The molecule has 41 heavy (non-hydrogen) atoms. The fourth-order valence-corrected chi connectivity index (χ4v) is 4.63. The third-order valence-electron chi connectivity index (χ3n) is 6.78. The van der Waals surface area contributed by atoms with Crippen LogP contribution in [0, 0.1) is 0 Å². The normalized spacial score (nSPS) is 15.6. The molecule has 0 spiro atoms. The molecule has 3 aromatic carbocycles. The number of carbonyl (C=O) groups excluding carboxylic acids is 3. The Morgan fingerprint density at radius 3 is 2.20 bits per heavy atom. The average Bonchev–Trinajstić information content (AvgIpc) is 3.40. The van der Waals surface area contributed by atoms with E-state index in [9.17, 15) is 24.6 Å². The van der Waals surface area contributed by atoms with Crippen LogP contribution in [0.4, 0.5) is 10.5 Å². The second-order valence-electron chi connectivity index (χ2n) is 10.1. The van der Waals surface area contributed by atoms with Crippen molar-refractivity contribution in [3.63, 3.8) is 0 Å². The maximum absolute atomic E-state index is 13.4. The van der Waals surface area contributed by atoms with Crippen molar-refractivity contribution in [3.05, 3.63) is 89.5 Å². The van der Waals surface area contributed by atoms with Crippen LogP contribution in [0.25, 0.3) is 0 Å². The molecule has 1 saturated heterocycles. The Kier molecular flexibility index (Phi) is 10.2. The first-order valence-corrected chi connectivity index (χ1v) is 13.7. The van der Waals surface area contributed by atoms with Crippen molar-refractivity contribution in [1.82, 2.24) is 15.5 Å². The lowest BCUT2D eigenvalue weighted by molar-refractivity contribution is -0.123. The summed E-state index contributed by atoms with van der Waals surface area (Å²) in [6, 6.07) is 18.4. The molecular formula is C31H36N4O6. The van der Waals surface area contributed by atoms with E-state index in [2.05, 4.69) is 20.9 Å². The lowest BCUT2D eigenvalue weighted by Crippen LogP contribution is -2.52. The van der Waals surface area contributed by atoms with E-state index in [1.807, 2.05) is 19.1 Å². The molecule has 0 aromatic heterocycles. The van der Waals surface area contributed by atoms with Crippen molar-refractivity contribution in [3.8, 4) is 11.5 Å². The minimum atomic E-state index is -0.867. The number of urea groups is 1. The highest BCUT2D eigenvalue weighted by Crippen LogP contribution is 2.17. The summed E-state index contributed by atoms with van der Waals surface area (Å²) in [5, 5.41) is 27.7. The number of rotatable bonds is 11. The Balaban J connectivity index is 1.36. The fraction of sp³-hybridized carbons (Fsp3) is 0.323. The fourth-order valence-electron chi connectivity index (χ4n) is 4.63. The summed E-state index contributed by atoms with van der Waals surface area (Å²) >= 11 is 0. The smallest absolute Gasteiger partial charge is 0.338 e. The predicted octanol–water partition coefficient (Wildman–Crippen LogP) is 3.79. The van der Waals surface area contributed by atoms with Gasteiger partial charge in [0.05, 0.1) is 12.2 Å². The SMILES string of the molecule is CCCOC(=O)c1ccc(NC(=O)N[C@@H](Cc2ccc(O)cc2)C(=O)NC2CCN(Cc3ccc(O)cc3)C2)cc1. The number of nitrogens with one attached hydrogen (secondary N) is 3. The van der Waals surface area contributed by atoms with E-state index in [-0.39, 0.29) is 29.9 Å². The summed E-state index contributed by atoms with van der Waals surface area (Å²) in [7, 11) is 0. The van der Waals surface area contributed by atoms with E-state index in [4.69, 9.17) is 4.74 Å². The third-order valence-corrected chi connectivity index (χ3v) is 6.78. The quantitative estimate of drug-likeness (QED) is 0.225. The Labute approximate surface area is 239 Å². The van der Waals surface area contributed by atoms with Gasteiger partial charge in [-0.05, 0) is 72.5 Å². The molecule has 3 amide bonds. The van der Waals surface area contributed by atoms with Gasteiger partial charge in [-0.3, -0.25) is 9.69 Å². The molecular weight excluding hydrogens is 524 g/mol. The number of aromatic hydroxyl groups is 2. The van der Waals surface area contributed by atoms with E-state index in [0.717, 1.165) is 30.5 Å². The third kappa shape index (κ3) is 8.97. The van der Waals surface area contributed by atoms with Gasteiger partial charge < -0.3 is 30.9 Å². The van der Waals surface area contributed by atoms with E-state index >= 15 is 0 Å². The van der Waals surface area contributed by atoms with Crippen LogP contribution in [0.5, 0.6) is 11.5 Å². The maximum atomic E-state index is 13.4. The molecule has 10 nitrogen and oxygen atoms in total. The van der Waals surface area contributed by atoms with Crippen LogP contribution in [0.15, 0.2) is 72.8 Å². The Morgan fingerprint density at radius 1 is 0.927 bits per heavy atom. The number of amides is 3. The monoisotopic (exact) mass is 560 g/mol. The van der Waals surface area contributed by atoms with Crippen molar-refractivity contribution in [2.45, 2.75) is 44.8 Å². The zero-order chi connectivity index (χ0) is 29.2. The first-order valence-electron chi connectivity index (χ1n) is 13.7. The van der Waals surface area contributed by atoms with Gasteiger partial charge in [-0.2, -0.15) is 0 Å². The zero-order valence-corrected chi connectivity index (χ0v) is 23.0. The molecule has 1 aliphatic rings. The second-order valence-corrected chi connectivity index (χ2v) is 10.1. The molecule has 1 unspecified atom stereocenters. The highest BCUT2D eigenvalue weighted by Gasteiger charge is 2.28. The molecule has 5 N–H and O–H groups in total. The topological polar surface area (TPSA) is 140 Å². The summed E-state index contributed by atoms with van der Waals surface area (Å²) in [5.74, 6) is -0.399. The number of ether oxygens (including phenoxy) is 1. The highest BCUT2D eigenvalue weighted by atomic mass is 16.5. The van der Waals surface area contributed by atoms with Crippen molar-refractivity contribution in [2.24, 2.45) is 0 Å². The van der Waals surface area contributed by atoms with E-state index in [0.29, 0.717) is 30.9 Å². The van der Waals surface area contributed by atoms with Crippen molar-refractivity contribution in [2.75, 3.05) is 25.0 Å². The standard InChI is InChI=1S/C31H36N4O6/c1-2-17-41-30(39)23-7-9-24(10-8-23)33-31(40)34-28(18-21-3-11-26(36)12-4-21)29(38)32-25-15-16-35(20-25)19-22-5-13-27(37)14-6-22/h3-14,25,28,36-37H,2,15-20H2,1H3,(H,32,38)(H2,33,34,40)/t25?,28-/m0/s1. The number of nitrogens with zero attached hydrogens (tertiary/aromatic N) is 1. The lowest BCUT2D eigenvalue weighted by atomic mass is 10.0. The molecule has 0 radical (unpaired) electrons. The number of phenols is 2. The zero-order valence-electron chi connectivity index (χ0n) is 23.0. The van der Waals surface area contributed by atoms with Gasteiger partial charge in [0.15, 0.2) is 0 Å². The molecule has 4 rings (SSSR count). The first-order chi connectivity index (χ1) is 19.8. The van der Waals surface area contributed by atoms with Crippen LogP contribution in [0.2, 0.25) is 0 Å². The van der Waals surface area contributed by atoms with Crippen LogP contribution >= 0.6 is 0 Å². The highest BCUT2D eigenvalue weighted by molar-refractivity contribution is 5.95. The van der Waals surface area contributed by atoms with Crippen LogP contribution in [0.3, 0.4) is 0 Å². The molecule has 1 heterocycles. The maximum Gasteiger partial charge on any atom is 0.338 e. The van der Waals surface area contributed by atoms with Gasteiger partial charge >= 0.3 is 12.0 Å². The summed E-state index contributed by atoms with van der Waals surface area (Å²) in [5.41, 5.74) is 2.69. The van der Waals surface area contributed by atoms with Gasteiger partial charge in [0.2, 0.25) is 5.91 Å². The minimum absolute atomic E-state index is 0.0770. The van der Waals surface area contributed by atoms with Gasteiger partial charge in [0.1, 0.15) is 17.5 Å². The molecule has 1 aliphatic heterocycles. The van der Waals surface area contributed by atoms with E-state index in [1.54, 1.807) is 48.5 Å². The number of anilines is 1. The average molecular weight is 561 g/mol. The van der Waals surface area contributed by atoms with Gasteiger partial charge in [-0.15, -0.1) is 0 Å². The molecule has 216 valence electrons. The molecule has 0 aliphatic carbocycles. The number of likely N-dealkylation sites (tertiary alicyclic amines) is 1. The van der Waals surface area contributed by atoms with E-state index < -0.39 is 18.0 Å². The number of phenolic OH excluding ortho intramolecular Hbond substituents is 2. The van der Waals surface area contributed by atoms with Gasteiger partial charge in [-0.25, -0.2) is 9.59 Å². The summed E-state index contributed by atoms with van der Waals surface area (Å²) < 4.78 is 5.13. The number of hydrogen-bond acceptors (Lipinski definition) is 7. The molecule has 0 saturated carbocycles. The van der Waals surface area contributed by atoms with Crippen LogP contribution < -0.4 is 16.0 Å². The molecule has 1 fully saturated rings. The van der Waals surface area contributed by atoms with Crippen molar-refractivity contribution in [1.29, 1.82) is 0 Å².